The molecule has 8 nitrogen and oxygen atoms in total. The molecule has 0 radical (unpaired) electrons. The molecule has 0 spiro atoms. The zero-order valence-corrected chi connectivity index (χ0v) is 17.6. The fourth-order valence-electron chi connectivity index (χ4n) is 3.64. The quantitative estimate of drug-likeness (QED) is 0.434. The number of nitrogen functional groups attached to an aromatic ring is 1. The monoisotopic (exact) mass is 419 g/mol. The van der Waals surface area contributed by atoms with Crippen LogP contribution in [-0.4, -0.2) is 71.3 Å². The summed E-state index contributed by atoms with van der Waals surface area (Å²) in [7, 11) is 1.59. The van der Waals surface area contributed by atoms with E-state index in [1.165, 1.54) is 15.8 Å². The molecule has 1 atom stereocenters. The van der Waals surface area contributed by atoms with Crippen molar-refractivity contribution >= 4 is 40.1 Å². The fourth-order valence-corrected chi connectivity index (χ4v) is 3.88. The highest BCUT2D eigenvalue weighted by molar-refractivity contribution is 6.45. The molecule has 156 valence electrons. The summed E-state index contributed by atoms with van der Waals surface area (Å²) in [6.45, 7) is 6.34. The largest absolute Gasteiger partial charge is 0.339 e. The van der Waals surface area contributed by atoms with Gasteiger partial charge in [0.25, 0.3) is 17.6 Å². The lowest BCUT2D eigenvalue weighted by Gasteiger charge is -2.34. The first-order valence-corrected chi connectivity index (χ1v) is 10.0. The summed E-state index contributed by atoms with van der Waals surface area (Å²) >= 11 is 6.39. The van der Waals surface area contributed by atoms with E-state index in [-0.39, 0.29) is 22.5 Å². The molecule has 1 aliphatic heterocycles. The minimum atomic E-state index is -0.661. The van der Waals surface area contributed by atoms with Crippen LogP contribution in [0.25, 0.3) is 10.9 Å². The van der Waals surface area contributed by atoms with E-state index < -0.39 is 11.7 Å². The molecule has 2 aromatic rings. The Balaban J connectivity index is 2.03. The molecule has 2 amide bonds. The Bertz CT molecular complexity index is 971. The van der Waals surface area contributed by atoms with Crippen LogP contribution in [0.2, 0.25) is 5.02 Å². The van der Waals surface area contributed by atoms with Gasteiger partial charge in [0, 0.05) is 50.9 Å². The standard InChI is InChI=1S/C20H26ClN5O3/c1-4-6-24(3)20(29)18(27)15-11-26(22)17-9-16(21)14(8-13(15)17)19(28)25-7-5-23-10-12(25)2/h8-9,11-12,23H,4-7,10,22H2,1-3H3. The van der Waals surface area contributed by atoms with Gasteiger partial charge in [0.1, 0.15) is 0 Å². The number of aromatic nitrogens is 1. The molecular weight excluding hydrogens is 394 g/mol. The number of nitrogens with two attached hydrogens (primary N) is 1. The molecule has 0 saturated carbocycles. The van der Waals surface area contributed by atoms with Crippen LogP contribution in [0.4, 0.5) is 0 Å². The number of fused-ring (bicyclic) bond motifs is 1. The van der Waals surface area contributed by atoms with Crippen molar-refractivity contribution in [3.05, 3.63) is 34.5 Å². The third-order valence-corrected chi connectivity index (χ3v) is 5.57. The number of carbonyl (C=O) groups is 3. The normalized spacial score (nSPS) is 16.8. The maximum Gasteiger partial charge on any atom is 0.294 e. The number of piperazine rings is 1. The first kappa shape index (κ1) is 21.1. The predicted octanol–water partition coefficient (Wildman–Crippen LogP) is 1.49. The first-order valence-electron chi connectivity index (χ1n) is 9.67. The van der Waals surface area contributed by atoms with Crippen LogP contribution in [0, 0.1) is 0 Å². The van der Waals surface area contributed by atoms with Crippen molar-refractivity contribution in [3.63, 3.8) is 0 Å². The van der Waals surface area contributed by atoms with Crippen molar-refractivity contribution in [2.24, 2.45) is 0 Å². The summed E-state index contributed by atoms with van der Waals surface area (Å²) < 4.78 is 1.25. The highest BCUT2D eigenvalue weighted by Gasteiger charge is 2.28. The highest BCUT2D eigenvalue weighted by atomic mass is 35.5. The van der Waals surface area contributed by atoms with E-state index in [2.05, 4.69) is 5.32 Å². The molecule has 3 N–H and O–H groups in total. The lowest BCUT2D eigenvalue weighted by Crippen LogP contribution is -2.52. The van der Waals surface area contributed by atoms with Gasteiger partial charge in [0.15, 0.2) is 0 Å². The van der Waals surface area contributed by atoms with Gasteiger partial charge in [-0.15, -0.1) is 0 Å². The van der Waals surface area contributed by atoms with Crippen LogP contribution >= 0.6 is 11.6 Å². The number of ketones is 1. The van der Waals surface area contributed by atoms with Gasteiger partial charge >= 0.3 is 0 Å². The maximum atomic E-state index is 13.1. The SMILES string of the molecule is CCCN(C)C(=O)C(=O)c1cn(N)c2cc(Cl)c(C(=O)N3CCNCC3C)cc12. The molecule has 0 bridgehead atoms. The molecule has 1 unspecified atom stereocenters. The van der Waals surface area contributed by atoms with E-state index in [4.69, 9.17) is 17.4 Å². The fraction of sp³-hybridized carbons (Fsp3) is 0.450. The molecular formula is C20H26ClN5O3. The van der Waals surface area contributed by atoms with Gasteiger partial charge < -0.3 is 21.0 Å². The van der Waals surface area contributed by atoms with Gasteiger partial charge in [-0.05, 0) is 25.5 Å². The number of nitrogens with zero attached hydrogens (tertiary/aromatic N) is 3. The molecule has 0 aliphatic carbocycles. The van der Waals surface area contributed by atoms with E-state index in [9.17, 15) is 14.4 Å². The van der Waals surface area contributed by atoms with Gasteiger partial charge in [-0.2, -0.15) is 0 Å². The summed E-state index contributed by atoms with van der Waals surface area (Å²) in [5.41, 5.74) is 0.936. The van der Waals surface area contributed by atoms with E-state index in [0.29, 0.717) is 42.6 Å². The van der Waals surface area contributed by atoms with Crippen LogP contribution < -0.4 is 11.2 Å². The van der Waals surface area contributed by atoms with E-state index in [0.717, 1.165) is 6.42 Å². The number of hydrogen-bond donors (Lipinski definition) is 2. The number of benzene rings is 1. The summed E-state index contributed by atoms with van der Waals surface area (Å²) in [5.74, 6) is 4.51. The molecule has 1 aromatic heterocycles. The van der Waals surface area contributed by atoms with Crippen LogP contribution in [0.3, 0.4) is 0 Å². The Hall–Kier alpha value is -2.58. The third kappa shape index (κ3) is 3.95. The molecule has 9 heteroatoms. The smallest absolute Gasteiger partial charge is 0.294 e. The Kier molecular flexibility index (Phi) is 6.14. The van der Waals surface area contributed by atoms with Crippen molar-refractivity contribution in [1.82, 2.24) is 19.8 Å². The Morgan fingerprint density at radius 1 is 1.31 bits per heavy atom. The van der Waals surface area contributed by atoms with Gasteiger partial charge in [-0.25, -0.2) is 0 Å². The average molecular weight is 420 g/mol. The molecule has 1 saturated heterocycles. The van der Waals surface area contributed by atoms with Crippen LogP contribution in [0.1, 0.15) is 41.0 Å². The van der Waals surface area contributed by atoms with Gasteiger partial charge in [-0.1, -0.05) is 18.5 Å². The van der Waals surface area contributed by atoms with Crippen LogP contribution in [0.5, 0.6) is 0 Å². The zero-order valence-electron chi connectivity index (χ0n) is 16.9. The highest BCUT2D eigenvalue weighted by Crippen LogP contribution is 2.29. The van der Waals surface area contributed by atoms with E-state index in [1.54, 1.807) is 24.1 Å². The van der Waals surface area contributed by atoms with Gasteiger partial charge in [-0.3, -0.25) is 19.1 Å². The third-order valence-electron chi connectivity index (χ3n) is 5.26. The Morgan fingerprint density at radius 2 is 2.03 bits per heavy atom. The van der Waals surface area contributed by atoms with Crippen molar-refractivity contribution in [3.8, 4) is 0 Å². The number of nitrogens with one attached hydrogen (secondary N) is 1. The van der Waals surface area contributed by atoms with Gasteiger partial charge in [0.05, 0.1) is 21.7 Å². The molecule has 1 aromatic carbocycles. The number of amides is 2. The molecule has 2 heterocycles. The second kappa shape index (κ2) is 8.42. The summed E-state index contributed by atoms with van der Waals surface area (Å²) in [6.07, 6.45) is 2.15. The van der Waals surface area contributed by atoms with Crippen molar-refractivity contribution < 1.29 is 14.4 Å². The minimum Gasteiger partial charge on any atom is -0.339 e. The minimum absolute atomic E-state index is 0.0208. The topological polar surface area (TPSA) is 101 Å². The predicted molar refractivity (Wildman–Crippen MR) is 113 cm³/mol. The number of likely N-dealkylation sites (N-methyl/N-ethyl adjacent to an activating group) is 1. The number of halogens is 1. The number of carbonyl (C=O) groups excluding carboxylic acids is 3. The Morgan fingerprint density at radius 3 is 2.69 bits per heavy atom. The molecule has 3 rings (SSSR count). The van der Waals surface area contributed by atoms with Crippen molar-refractivity contribution in [2.45, 2.75) is 26.3 Å². The summed E-state index contributed by atoms with van der Waals surface area (Å²) in [6, 6.07) is 3.15. The zero-order chi connectivity index (χ0) is 21.3. The second-order valence-electron chi connectivity index (χ2n) is 7.41. The lowest BCUT2D eigenvalue weighted by atomic mass is 10.0. The number of Topliss-reactive ketones (excluding diaryl/α,β-unsaturated/α-hetero) is 1. The van der Waals surface area contributed by atoms with Crippen molar-refractivity contribution in [1.29, 1.82) is 0 Å². The second-order valence-corrected chi connectivity index (χ2v) is 7.81. The van der Waals surface area contributed by atoms with Gasteiger partial charge in [0.2, 0.25) is 0 Å². The summed E-state index contributed by atoms with van der Waals surface area (Å²) in [5, 5.41) is 3.93. The van der Waals surface area contributed by atoms with Crippen LogP contribution in [-0.2, 0) is 4.79 Å². The molecule has 29 heavy (non-hydrogen) atoms. The average Bonchev–Trinajstić information content (AvgIpc) is 3.02. The van der Waals surface area contributed by atoms with E-state index in [1.807, 2.05) is 13.8 Å². The maximum absolute atomic E-state index is 13.1. The van der Waals surface area contributed by atoms with E-state index >= 15 is 0 Å². The first-order chi connectivity index (χ1) is 13.8. The summed E-state index contributed by atoms with van der Waals surface area (Å²) in [4.78, 5) is 41.5. The Labute approximate surface area is 174 Å². The lowest BCUT2D eigenvalue weighted by molar-refractivity contribution is -0.125. The molecule has 1 fully saturated rings. The number of rotatable bonds is 5. The van der Waals surface area contributed by atoms with Crippen LogP contribution in [0.15, 0.2) is 18.3 Å². The molecule has 1 aliphatic rings. The van der Waals surface area contributed by atoms with Crippen molar-refractivity contribution in [2.75, 3.05) is 39.1 Å². The number of hydrogen-bond acceptors (Lipinski definition) is 5.